The minimum Gasteiger partial charge on any atom is -0.494 e. The highest BCUT2D eigenvalue weighted by Gasteiger charge is 2.15. The number of H-pyrrole nitrogens is 1. The molecule has 4 rings (SSSR count). The molecule has 0 atom stereocenters. The van der Waals surface area contributed by atoms with Crippen molar-refractivity contribution in [2.75, 3.05) is 11.9 Å². The van der Waals surface area contributed by atoms with Crippen molar-refractivity contribution in [3.63, 3.8) is 0 Å². The van der Waals surface area contributed by atoms with Crippen molar-refractivity contribution in [2.45, 2.75) is 6.92 Å². The molecule has 140 valence electrons. The fraction of sp³-hybridized carbons (Fsp3) is 0.105. The van der Waals surface area contributed by atoms with Crippen LogP contribution in [0.15, 0.2) is 57.7 Å². The first kappa shape index (κ1) is 17.4. The fourth-order valence-electron chi connectivity index (χ4n) is 2.72. The lowest BCUT2D eigenvalue weighted by molar-refractivity contribution is 0.102. The molecule has 0 saturated heterocycles. The molecule has 2 heterocycles. The van der Waals surface area contributed by atoms with Gasteiger partial charge in [-0.05, 0) is 53.7 Å². The van der Waals surface area contributed by atoms with E-state index in [9.17, 15) is 9.59 Å². The molecule has 28 heavy (non-hydrogen) atoms. The Bertz CT molecular complexity index is 1180. The average molecular weight is 377 g/mol. The number of hydrogen-bond donors (Lipinski definition) is 2. The SMILES string of the molecule is CCOc1ccc(C(=O)Nc2cccc3c(=O)cc(-c4nnn[nH]4)oc23)cc1. The highest BCUT2D eigenvalue weighted by molar-refractivity contribution is 6.08. The number of carbonyl (C=O) groups is 1. The number of tetrazole rings is 1. The lowest BCUT2D eigenvalue weighted by Gasteiger charge is -2.09. The predicted octanol–water partition coefficient (Wildman–Crippen LogP) is 2.62. The standard InChI is InChI=1S/C19H15N5O4/c1-2-27-12-8-6-11(7-9-12)19(26)20-14-5-3-4-13-15(25)10-16(28-17(13)14)18-21-23-24-22-18/h3-10H,2H2,1H3,(H,20,26)(H,21,22,23,24). The highest BCUT2D eigenvalue weighted by Crippen LogP contribution is 2.26. The van der Waals surface area contributed by atoms with Crippen LogP contribution in [-0.4, -0.2) is 33.1 Å². The van der Waals surface area contributed by atoms with Gasteiger partial charge >= 0.3 is 0 Å². The third-order valence-electron chi connectivity index (χ3n) is 4.01. The van der Waals surface area contributed by atoms with Gasteiger partial charge in [-0.25, -0.2) is 5.10 Å². The Hall–Kier alpha value is -4.01. The van der Waals surface area contributed by atoms with E-state index < -0.39 is 0 Å². The molecule has 2 aromatic heterocycles. The molecule has 0 aliphatic carbocycles. The van der Waals surface area contributed by atoms with Crippen LogP contribution in [0, 0.1) is 0 Å². The van der Waals surface area contributed by atoms with Crippen LogP contribution < -0.4 is 15.5 Å². The summed E-state index contributed by atoms with van der Waals surface area (Å²) in [5, 5.41) is 16.4. The summed E-state index contributed by atoms with van der Waals surface area (Å²) in [5.74, 6) is 0.724. The number of amides is 1. The lowest BCUT2D eigenvalue weighted by atomic mass is 10.1. The normalized spacial score (nSPS) is 10.8. The first-order chi connectivity index (χ1) is 13.7. The first-order valence-corrected chi connectivity index (χ1v) is 8.51. The van der Waals surface area contributed by atoms with E-state index in [1.54, 1.807) is 42.5 Å². The van der Waals surface area contributed by atoms with Crippen LogP contribution in [0.2, 0.25) is 0 Å². The number of benzene rings is 2. The van der Waals surface area contributed by atoms with Crippen molar-refractivity contribution in [1.29, 1.82) is 0 Å². The van der Waals surface area contributed by atoms with Crippen molar-refractivity contribution >= 4 is 22.6 Å². The van der Waals surface area contributed by atoms with E-state index in [-0.39, 0.29) is 28.5 Å². The van der Waals surface area contributed by atoms with Crippen molar-refractivity contribution in [3.05, 3.63) is 64.3 Å². The number of fused-ring (bicyclic) bond motifs is 1. The van der Waals surface area contributed by atoms with Gasteiger partial charge in [0, 0.05) is 11.6 Å². The predicted molar refractivity (Wildman–Crippen MR) is 101 cm³/mol. The molecule has 1 amide bonds. The molecule has 2 aromatic carbocycles. The van der Waals surface area contributed by atoms with E-state index in [0.717, 1.165) is 0 Å². The van der Waals surface area contributed by atoms with Crippen LogP contribution in [0.4, 0.5) is 5.69 Å². The summed E-state index contributed by atoms with van der Waals surface area (Å²) in [5.41, 5.74) is 0.770. The van der Waals surface area contributed by atoms with Gasteiger partial charge in [0.1, 0.15) is 5.75 Å². The number of carbonyl (C=O) groups excluding carboxylic acids is 1. The number of aromatic nitrogens is 4. The highest BCUT2D eigenvalue weighted by atomic mass is 16.5. The molecule has 9 nitrogen and oxygen atoms in total. The topological polar surface area (TPSA) is 123 Å². The number of ether oxygens (including phenoxy) is 1. The van der Waals surface area contributed by atoms with E-state index >= 15 is 0 Å². The number of nitrogens with zero attached hydrogens (tertiary/aromatic N) is 3. The van der Waals surface area contributed by atoms with Crippen molar-refractivity contribution in [1.82, 2.24) is 20.6 Å². The van der Waals surface area contributed by atoms with Crippen LogP contribution in [0.1, 0.15) is 17.3 Å². The van der Waals surface area contributed by atoms with Gasteiger partial charge in [0.2, 0.25) is 5.82 Å². The zero-order chi connectivity index (χ0) is 19.5. The largest absolute Gasteiger partial charge is 0.494 e. The third-order valence-corrected chi connectivity index (χ3v) is 4.01. The molecule has 0 bridgehead atoms. The summed E-state index contributed by atoms with van der Waals surface area (Å²) in [6, 6.07) is 13.0. The number of hydrogen-bond acceptors (Lipinski definition) is 7. The van der Waals surface area contributed by atoms with Crippen molar-refractivity contribution in [3.8, 4) is 17.3 Å². The quantitative estimate of drug-likeness (QED) is 0.548. The number of rotatable bonds is 5. The van der Waals surface area contributed by atoms with Crippen LogP contribution in [0.3, 0.4) is 0 Å². The molecule has 2 N–H and O–H groups in total. The Morgan fingerprint density at radius 2 is 2.04 bits per heavy atom. The van der Waals surface area contributed by atoms with Gasteiger partial charge in [-0.2, -0.15) is 0 Å². The van der Waals surface area contributed by atoms with Gasteiger partial charge in [-0.15, -0.1) is 5.10 Å². The Labute approximate surface area is 158 Å². The molecule has 0 aliphatic rings. The van der Waals surface area contributed by atoms with E-state index in [0.29, 0.717) is 29.0 Å². The molecule has 0 spiro atoms. The molecule has 4 aromatic rings. The molecule has 0 aliphatic heterocycles. The van der Waals surface area contributed by atoms with Crippen LogP contribution in [-0.2, 0) is 0 Å². The van der Waals surface area contributed by atoms with E-state index in [1.807, 2.05) is 6.92 Å². The van der Waals surface area contributed by atoms with Gasteiger partial charge in [0.15, 0.2) is 16.8 Å². The fourth-order valence-corrected chi connectivity index (χ4v) is 2.72. The van der Waals surface area contributed by atoms with E-state index in [4.69, 9.17) is 9.15 Å². The second kappa shape index (κ2) is 7.31. The van der Waals surface area contributed by atoms with Crippen LogP contribution in [0.25, 0.3) is 22.6 Å². The first-order valence-electron chi connectivity index (χ1n) is 8.51. The number of nitrogens with one attached hydrogen (secondary N) is 2. The average Bonchev–Trinajstić information content (AvgIpc) is 3.24. The smallest absolute Gasteiger partial charge is 0.255 e. The van der Waals surface area contributed by atoms with Gasteiger partial charge in [0.25, 0.3) is 5.91 Å². The molecular weight excluding hydrogens is 362 g/mol. The maximum absolute atomic E-state index is 12.6. The maximum Gasteiger partial charge on any atom is 0.255 e. The van der Waals surface area contributed by atoms with Gasteiger partial charge in [0.05, 0.1) is 17.7 Å². The second-order valence-corrected chi connectivity index (χ2v) is 5.82. The van der Waals surface area contributed by atoms with Gasteiger partial charge < -0.3 is 14.5 Å². The maximum atomic E-state index is 12.6. The number of aromatic amines is 1. The molecule has 0 unspecified atom stereocenters. The Balaban J connectivity index is 1.70. The second-order valence-electron chi connectivity index (χ2n) is 5.82. The summed E-state index contributed by atoms with van der Waals surface area (Å²) in [7, 11) is 0. The summed E-state index contributed by atoms with van der Waals surface area (Å²) in [4.78, 5) is 25.0. The molecule has 0 radical (unpaired) electrons. The van der Waals surface area contributed by atoms with Crippen molar-refractivity contribution < 1.29 is 13.9 Å². The minimum absolute atomic E-state index is 0.172. The van der Waals surface area contributed by atoms with Crippen LogP contribution in [0.5, 0.6) is 5.75 Å². The summed E-state index contributed by atoms with van der Waals surface area (Å²) in [6.45, 7) is 2.43. The Kier molecular flexibility index (Phi) is 4.55. The Morgan fingerprint density at radius 1 is 1.21 bits per heavy atom. The lowest BCUT2D eigenvalue weighted by Crippen LogP contribution is -2.13. The number of para-hydroxylation sites is 1. The van der Waals surface area contributed by atoms with E-state index in [1.165, 1.54) is 6.07 Å². The summed E-state index contributed by atoms with van der Waals surface area (Å²) < 4.78 is 11.2. The molecule has 9 heteroatoms. The molecular formula is C19H15N5O4. The summed E-state index contributed by atoms with van der Waals surface area (Å²) >= 11 is 0. The third kappa shape index (κ3) is 3.32. The van der Waals surface area contributed by atoms with Gasteiger partial charge in [-0.3, -0.25) is 9.59 Å². The van der Waals surface area contributed by atoms with Crippen LogP contribution >= 0.6 is 0 Å². The molecule has 0 saturated carbocycles. The van der Waals surface area contributed by atoms with Crippen molar-refractivity contribution in [2.24, 2.45) is 0 Å². The monoisotopic (exact) mass is 377 g/mol. The van der Waals surface area contributed by atoms with Gasteiger partial charge in [-0.1, -0.05) is 6.07 Å². The zero-order valence-corrected chi connectivity index (χ0v) is 14.8. The molecule has 0 fully saturated rings. The number of anilines is 1. The van der Waals surface area contributed by atoms with E-state index in [2.05, 4.69) is 25.9 Å². The zero-order valence-electron chi connectivity index (χ0n) is 14.8. The summed E-state index contributed by atoms with van der Waals surface area (Å²) in [6.07, 6.45) is 0. The Morgan fingerprint density at radius 3 is 2.75 bits per heavy atom. The minimum atomic E-state index is -0.343.